The standard InChI is InChI=1S/C10H11ClN2O4S2/c1-6-13(7(5-18-6)10(14)15)19(16,17)8-3-2-4-12-9(8)11/h2-4,6-7H,5H2,1H3,(H,14,15). The van der Waals surface area contributed by atoms with Crippen molar-refractivity contribution in [2.45, 2.75) is 23.2 Å². The predicted octanol–water partition coefficient (Wildman–Crippen LogP) is 1.27. The Labute approximate surface area is 119 Å². The SMILES string of the molecule is CC1SCC(C(=O)O)N1S(=O)(=O)c1cccnc1Cl. The minimum Gasteiger partial charge on any atom is -0.480 e. The molecule has 9 heteroatoms. The summed E-state index contributed by atoms with van der Waals surface area (Å²) >= 11 is 7.06. The minimum absolute atomic E-state index is 0.157. The van der Waals surface area contributed by atoms with E-state index in [2.05, 4.69) is 4.98 Å². The molecule has 2 rings (SSSR count). The van der Waals surface area contributed by atoms with Crippen LogP contribution >= 0.6 is 23.4 Å². The maximum Gasteiger partial charge on any atom is 0.322 e. The van der Waals surface area contributed by atoms with Gasteiger partial charge in [0.25, 0.3) is 0 Å². The van der Waals surface area contributed by atoms with Gasteiger partial charge in [0.15, 0.2) is 0 Å². The average Bonchev–Trinajstić information content (AvgIpc) is 2.72. The fourth-order valence-electron chi connectivity index (χ4n) is 1.85. The molecular formula is C10H11ClN2O4S2. The fraction of sp³-hybridized carbons (Fsp3) is 0.400. The second-order valence-electron chi connectivity index (χ2n) is 3.91. The van der Waals surface area contributed by atoms with E-state index in [1.165, 1.54) is 30.1 Å². The molecule has 19 heavy (non-hydrogen) atoms. The Morgan fingerprint density at radius 1 is 1.63 bits per heavy atom. The molecule has 1 fully saturated rings. The van der Waals surface area contributed by atoms with E-state index in [9.17, 15) is 13.2 Å². The molecule has 0 saturated carbocycles. The van der Waals surface area contributed by atoms with Crippen LogP contribution in [0.2, 0.25) is 5.15 Å². The van der Waals surface area contributed by atoms with E-state index >= 15 is 0 Å². The lowest BCUT2D eigenvalue weighted by molar-refractivity contribution is -0.140. The number of nitrogens with zero attached hydrogens (tertiary/aromatic N) is 2. The summed E-state index contributed by atoms with van der Waals surface area (Å²) in [6.45, 7) is 1.65. The first-order valence-corrected chi connectivity index (χ1v) is 8.21. The number of carbonyl (C=O) groups is 1. The highest BCUT2D eigenvalue weighted by Crippen LogP contribution is 2.35. The van der Waals surface area contributed by atoms with Crippen molar-refractivity contribution in [1.82, 2.24) is 9.29 Å². The summed E-state index contributed by atoms with van der Waals surface area (Å²) < 4.78 is 26.0. The lowest BCUT2D eigenvalue weighted by Gasteiger charge is -2.24. The number of aliphatic carboxylic acids is 1. The molecule has 1 N–H and O–H groups in total. The lowest BCUT2D eigenvalue weighted by atomic mass is 10.3. The third kappa shape index (κ3) is 2.58. The Morgan fingerprint density at radius 3 is 2.89 bits per heavy atom. The van der Waals surface area contributed by atoms with Crippen LogP contribution in [0.4, 0.5) is 0 Å². The highest BCUT2D eigenvalue weighted by molar-refractivity contribution is 8.01. The van der Waals surface area contributed by atoms with Crippen molar-refractivity contribution in [1.29, 1.82) is 0 Å². The van der Waals surface area contributed by atoms with Gasteiger partial charge < -0.3 is 5.11 Å². The van der Waals surface area contributed by atoms with E-state index in [0.717, 1.165) is 4.31 Å². The summed E-state index contributed by atoms with van der Waals surface area (Å²) in [5, 5.41) is 8.50. The van der Waals surface area contributed by atoms with Gasteiger partial charge in [-0.15, -0.1) is 11.8 Å². The van der Waals surface area contributed by atoms with Gasteiger partial charge in [-0.2, -0.15) is 4.31 Å². The van der Waals surface area contributed by atoms with Crippen molar-refractivity contribution in [2.75, 3.05) is 5.75 Å². The Hall–Kier alpha value is -0.830. The highest BCUT2D eigenvalue weighted by Gasteiger charge is 2.45. The monoisotopic (exact) mass is 322 g/mol. The van der Waals surface area contributed by atoms with Gasteiger partial charge in [0.2, 0.25) is 10.0 Å². The highest BCUT2D eigenvalue weighted by atomic mass is 35.5. The zero-order valence-electron chi connectivity index (χ0n) is 9.85. The van der Waals surface area contributed by atoms with E-state index in [4.69, 9.17) is 16.7 Å². The normalized spacial score (nSPS) is 24.5. The quantitative estimate of drug-likeness (QED) is 0.843. The Balaban J connectivity index is 2.50. The first-order chi connectivity index (χ1) is 8.85. The number of pyridine rings is 1. The van der Waals surface area contributed by atoms with Gasteiger partial charge >= 0.3 is 5.97 Å². The van der Waals surface area contributed by atoms with E-state index < -0.39 is 27.4 Å². The van der Waals surface area contributed by atoms with Gasteiger partial charge in [-0.3, -0.25) is 4.79 Å². The molecule has 104 valence electrons. The Morgan fingerprint density at radius 2 is 2.32 bits per heavy atom. The van der Waals surface area contributed by atoms with Crippen LogP contribution in [0.25, 0.3) is 0 Å². The van der Waals surface area contributed by atoms with Crippen molar-refractivity contribution in [3.63, 3.8) is 0 Å². The first-order valence-electron chi connectivity index (χ1n) is 5.34. The lowest BCUT2D eigenvalue weighted by Crippen LogP contribution is -2.44. The number of carboxylic acids is 1. The average molecular weight is 323 g/mol. The molecule has 0 spiro atoms. The molecule has 0 aromatic carbocycles. The molecule has 0 amide bonds. The zero-order chi connectivity index (χ0) is 14.2. The van der Waals surface area contributed by atoms with Crippen LogP contribution in [0.1, 0.15) is 6.92 Å². The van der Waals surface area contributed by atoms with Crippen LogP contribution in [-0.2, 0) is 14.8 Å². The maximum absolute atomic E-state index is 12.5. The van der Waals surface area contributed by atoms with E-state index in [-0.39, 0.29) is 15.8 Å². The number of aromatic nitrogens is 1. The molecule has 6 nitrogen and oxygen atoms in total. The second-order valence-corrected chi connectivity index (χ2v) is 7.43. The molecule has 2 unspecified atom stereocenters. The summed E-state index contributed by atoms with van der Waals surface area (Å²) in [5.41, 5.74) is 0. The molecule has 0 radical (unpaired) electrons. The summed E-state index contributed by atoms with van der Waals surface area (Å²) in [4.78, 5) is 14.7. The van der Waals surface area contributed by atoms with E-state index in [0.29, 0.717) is 0 Å². The number of hydrogen-bond donors (Lipinski definition) is 1. The Kier molecular flexibility index (Phi) is 4.05. The maximum atomic E-state index is 12.5. The minimum atomic E-state index is -3.98. The number of carboxylic acid groups (broad SMARTS) is 1. The molecular weight excluding hydrogens is 312 g/mol. The Bertz CT molecular complexity index is 607. The molecule has 2 atom stereocenters. The summed E-state index contributed by atoms with van der Waals surface area (Å²) in [6, 6.07) is 1.68. The zero-order valence-corrected chi connectivity index (χ0v) is 12.2. The molecule has 0 bridgehead atoms. The topological polar surface area (TPSA) is 87.6 Å². The number of sulfonamides is 1. The summed E-state index contributed by atoms with van der Waals surface area (Å²) in [7, 11) is -3.98. The summed E-state index contributed by atoms with van der Waals surface area (Å²) in [6.07, 6.45) is 1.37. The smallest absolute Gasteiger partial charge is 0.322 e. The van der Waals surface area contributed by atoms with Crippen molar-refractivity contribution in [3.05, 3.63) is 23.5 Å². The predicted molar refractivity (Wildman–Crippen MR) is 71.6 cm³/mol. The van der Waals surface area contributed by atoms with Gasteiger partial charge in [-0.05, 0) is 19.1 Å². The van der Waals surface area contributed by atoms with Crippen molar-refractivity contribution >= 4 is 39.4 Å². The van der Waals surface area contributed by atoms with Crippen LogP contribution in [0, 0.1) is 0 Å². The molecule has 1 aromatic heterocycles. The molecule has 1 aliphatic heterocycles. The van der Waals surface area contributed by atoms with E-state index in [1.54, 1.807) is 6.92 Å². The molecule has 2 heterocycles. The van der Waals surface area contributed by atoms with Gasteiger partial charge in [0.1, 0.15) is 16.1 Å². The number of halogens is 1. The van der Waals surface area contributed by atoms with Crippen LogP contribution in [0.3, 0.4) is 0 Å². The third-order valence-electron chi connectivity index (χ3n) is 2.73. The number of thioether (sulfide) groups is 1. The van der Waals surface area contributed by atoms with Crippen molar-refractivity contribution in [2.24, 2.45) is 0 Å². The fourth-order valence-corrected chi connectivity index (χ4v) is 5.57. The van der Waals surface area contributed by atoms with Crippen LogP contribution in [-0.4, -0.2) is 46.0 Å². The van der Waals surface area contributed by atoms with Crippen LogP contribution in [0.15, 0.2) is 23.2 Å². The van der Waals surface area contributed by atoms with Crippen LogP contribution in [0.5, 0.6) is 0 Å². The van der Waals surface area contributed by atoms with Gasteiger partial charge in [-0.25, -0.2) is 13.4 Å². The number of hydrogen-bond acceptors (Lipinski definition) is 5. The number of rotatable bonds is 3. The van der Waals surface area contributed by atoms with Gasteiger partial charge in [0, 0.05) is 11.9 Å². The third-order valence-corrected chi connectivity index (χ3v) is 6.50. The second kappa shape index (κ2) is 5.28. The molecule has 1 saturated heterocycles. The van der Waals surface area contributed by atoms with Crippen LogP contribution < -0.4 is 0 Å². The molecule has 0 aliphatic carbocycles. The summed E-state index contributed by atoms with van der Waals surface area (Å²) in [5.74, 6) is -0.950. The van der Waals surface area contributed by atoms with Crippen molar-refractivity contribution in [3.8, 4) is 0 Å². The molecule has 1 aromatic rings. The largest absolute Gasteiger partial charge is 0.480 e. The van der Waals surface area contributed by atoms with Gasteiger partial charge in [-0.1, -0.05) is 11.6 Å². The first kappa shape index (κ1) is 14.6. The van der Waals surface area contributed by atoms with Crippen molar-refractivity contribution < 1.29 is 18.3 Å². The molecule has 1 aliphatic rings. The van der Waals surface area contributed by atoms with Gasteiger partial charge in [0.05, 0.1) is 5.37 Å². The van der Waals surface area contributed by atoms with E-state index in [1.807, 2.05) is 0 Å².